The van der Waals surface area contributed by atoms with E-state index in [2.05, 4.69) is 15.0 Å². The van der Waals surface area contributed by atoms with E-state index in [0.717, 1.165) is 25.7 Å². The van der Waals surface area contributed by atoms with Gasteiger partial charge in [-0.2, -0.15) is 0 Å². The largest absolute Gasteiger partial charge is 0.409 e. The lowest BCUT2D eigenvalue weighted by molar-refractivity contribution is -0.385. The number of nitro groups is 1. The monoisotopic (exact) mass is 293 g/mol. The highest BCUT2D eigenvalue weighted by Gasteiger charge is 2.26. The van der Waals surface area contributed by atoms with E-state index in [-0.39, 0.29) is 11.5 Å². The Hall–Kier alpha value is -2.38. The van der Waals surface area contributed by atoms with E-state index in [1.54, 1.807) is 0 Å². The molecule has 0 saturated heterocycles. The van der Waals surface area contributed by atoms with Gasteiger partial charge in [-0.1, -0.05) is 18.0 Å². The predicted molar refractivity (Wildman–Crippen MR) is 78.7 cm³/mol. The maximum Gasteiger partial charge on any atom is 0.288 e. The van der Waals surface area contributed by atoms with Gasteiger partial charge in [-0.05, 0) is 19.8 Å². The van der Waals surface area contributed by atoms with Gasteiger partial charge in [0.1, 0.15) is 12.0 Å². The van der Waals surface area contributed by atoms with Gasteiger partial charge in [0.05, 0.1) is 10.5 Å². The van der Waals surface area contributed by atoms with E-state index in [1.807, 2.05) is 6.92 Å². The number of hydrogen-bond donors (Lipinski definition) is 2. The number of aromatic nitrogens is 1. The fourth-order valence-electron chi connectivity index (χ4n) is 2.81. The third kappa shape index (κ3) is 3.04. The highest BCUT2D eigenvalue weighted by atomic mass is 16.6. The molecule has 0 atom stereocenters. The van der Waals surface area contributed by atoms with Gasteiger partial charge in [0, 0.05) is 18.7 Å². The van der Waals surface area contributed by atoms with Crippen LogP contribution in [0.4, 0.5) is 11.5 Å². The normalized spacial score (nSPS) is 16.1. The highest BCUT2D eigenvalue weighted by molar-refractivity contribution is 6.02. The second-order valence-corrected chi connectivity index (χ2v) is 5.03. The van der Waals surface area contributed by atoms with Gasteiger partial charge in [-0.25, -0.2) is 4.98 Å². The number of pyridine rings is 1. The average molecular weight is 293 g/mol. The van der Waals surface area contributed by atoms with E-state index in [9.17, 15) is 10.1 Å². The Morgan fingerprint density at radius 1 is 1.62 bits per heavy atom. The molecule has 1 aliphatic rings. The Morgan fingerprint density at radius 3 is 2.81 bits per heavy atom. The van der Waals surface area contributed by atoms with Crippen molar-refractivity contribution >= 4 is 17.3 Å². The van der Waals surface area contributed by atoms with Crippen LogP contribution in [0.25, 0.3) is 0 Å². The summed E-state index contributed by atoms with van der Waals surface area (Å²) in [7, 11) is 0. The molecule has 8 heteroatoms. The maximum absolute atomic E-state index is 10.9. The van der Waals surface area contributed by atoms with E-state index in [4.69, 9.17) is 10.9 Å². The third-order valence-electron chi connectivity index (χ3n) is 3.82. The molecule has 0 radical (unpaired) electrons. The van der Waals surface area contributed by atoms with Crippen LogP contribution in [0.2, 0.25) is 0 Å². The summed E-state index contributed by atoms with van der Waals surface area (Å²) in [5, 5.41) is 22.8. The molecule has 1 heterocycles. The van der Waals surface area contributed by atoms with Crippen molar-refractivity contribution in [1.82, 2.24) is 4.98 Å². The van der Waals surface area contributed by atoms with Crippen molar-refractivity contribution in [3.8, 4) is 0 Å². The Morgan fingerprint density at radius 2 is 2.29 bits per heavy atom. The molecule has 3 N–H and O–H groups in total. The number of amidine groups is 1. The molecular weight excluding hydrogens is 274 g/mol. The van der Waals surface area contributed by atoms with Crippen LogP contribution >= 0.6 is 0 Å². The third-order valence-corrected chi connectivity index (χ3v) is 3.82. The van der Waals surface area contributed by atoms with Crippen LogP contribution in [0.15, 0.2) is 17.4 Å². The van der Waals surface area contributed by atoms with Crippen molar-refractivity contribution < 1.29 is 10.1 Å². The second-order valence-electron chi connectivity index (χ2n) is 5.03. The molecule has 0 aromatic carbocycles. The molecule has 0 bridgehead atoms. The lowest BCUT2D eigenvalue weighted by Gasteiger charge is -2.30. The molecule has 1 saturated carbocycles. The van der Waals surface area contributed by atoms with Crippen molar-refractivity contribution in [2.75, 3.05) is 11.4 Å². The zero-order chi connectivity index (χ0) is 15.4. The average Bonchev–Trinajstić information content (AvgIpc) is 3.01. The molecule has 1 aromatic rings. The molecule has 8 nitrogen and oxygen atoms in total. The zero-order valence-electron chi connectivity index (χ0n) is 11.9. The molecular formula is C13H19N5O3. The van der Waals surface area contributed by atoms with Crippen molar-refractivity contribution in [3.05, 3.63) is 27.9 Å². The van der Waals surface area contributed by atoms with Crippen LogP contribution in [0.3, 0.4) is 0 Å². The fraction of sp³-hybridized carbons (Fsp3) is 0.538. The van der Waals surface area contributed by atoms with E-state index in [0.29, 0.717) is 24.0 Å². The van der Waals surface area contributed by atoms with Crippen molar-refractivity contribution in [3.63, 3.8) is 0 Å². The first-order chi connectivity index (χ1) is 10.1. The fourth-order valence-corrected chi connectivity index (χ4v) is 2.81. The van der Waals surface area contributed by atoms with Gasteiger partial charge in [-0.15, -0.1) is 0 Å². The van der Waals surface area contributed by atoms with Gasteiger partial charge in [0.25, 0.3) is 5.69 Å². The number of rotatable bonds is 5. The summed E-state index contributed by atoms with van der Waals surface area (Å²) in [5.74, 6) is 0.364. The first kappa shape index (κ1) is 15.0. The number of oxime groups is 1. The first-order valence-electron chi connectivity index (χ1n) is 6.97. The van der Waals surface area contributed by atoms with Crippen LogP contribution in [-0.4, -0.2) is 33.5 Å². The smallest absolute Gasteiger partial charge is 0.288 e. The number of nitrogens with zero attached hydrogens (tertiary/aromatic N) is 4. The van der Waals surface area contributed by atoms with E-state index in [1.165, 1.54) is 12.3 Å². The van der Waals surface area contributed by atoms with Crippen molar-refractivity contribution in [1.29, 1.82) is 0 Å². The van der Waals surface area contributed by atoms with E-state index >= 15 is 0 Å². The molecule has 1 aromatic heterocycles. The number of nitrogens with two attached hydrogens (primary N) is 1. The van der Waals surface area contributed by atoms with Crippen LogP contribution < -0.4 is 10.6 Å². The summed E-state index contributed by atoms with van der Waals surface area (Å²) in [6.45, 7) is 2.71. The summed E-state index contributed by atoms with van der Waals surface area (Å²) in [6.07, 6.45) is 5.64. The van der Waals surface area contributed by atoms with Gasteiger partial charge >= 0.3 is 0 Å². The first-order valence-corrected chi connectivity index (χ1v) is 6.97. The van der Waals surface area contributed by atoms with Crippen molar-refractivity contribution in [2.24, 2.45) is 10.9 Å². The quantitative estimate of drug-likeness (QED) is 0.281. The minimum Gasteiger partial charge on any atom is -0.409 e. The summed E-state index contributed by atoms with van der Waals surface area (Å²) >= 11 is 0. The Kier molecular flexibility index (Phi) is 4.56. The molecule has 0 unspecified atom stereocenters. The number of anilines is 1. The lowest BCUT2D eigenvalue weighted by Crippen LogP contribution is -2.35. The van der Waals surface area contributed by atoms with Gasteiger partial charge < -0.3 is 15.8 Å². The van der Waals surface area contributed by atoms with E-state index < -0.39 is 4.92 Å². The topological polar surface area (TPSA) is 118 Å². The minimum absolute atomic E-state index is 0.169. The van der Waals surface area contributed by atoms with Crippen LogP contribution in [0.5, 0.6) is 0 Å². The summed E-state index contributed by atoms with van der Waals surface area (Å²) in [5.41, 5.74) is 5.78. The van der Waals surface area contributed by atoms with Gasteiger partial charge in [-0.3, -0.25) is 10.1 Å². The molecule has 0 amide bonds. The molecule has 114 valence electrons. The molecule has 0 aliphatic heterocycles. The van der Waals surface area contributed by atoms with Crippen molar-refractivity contribution in [2.45, 2.75) is 38.6 Å². The van der Waals surface area contributed by atoms with Crippen LogP contribution in [-0.2, 0) is 0 Å². The summed E-state index contributed by atoms with van der Waals surface area (Å²) in [4.78, 5) is 16.6. The van der Waals surface area contributed by atoms with Gasteiger partial charge in [0.15, 0.2) is 5.84 Å². The standard InChI is InChI=1S/C13H19N5O3/c1-2-17(9-5-3-4-6-9)13-11(12(14)16-19)7-10(8-15-13)18(20)21/h7-9,19H,2-6H2,1H3,(H2,14,16). The summed E-state index contributed by atoms with van der Waals surface area (Å²) in [6, 6.07) is 1.64. The highest BCUT2D eigenvalue weighted by Crippen LogP contribution is 2.30. The van der Waals surface area contributed by atoms with Crippen LogP contribution in [0.1, 0.15) is 38.2 Å². The molecule has 2 rings (SSSR count). The maximum atomic E-state index is 10.9. The predicted octanol–water partition coefficient (Wildman–Crippen LogP) is 1.85. The minimum atomic E-state index is -0.545. The molecule has 21 heavy (non-hydrogen) atoms. The Labute approximate surface area is 122 Å². The Bertz CT molecular complexity index is 555. The molecule has 1 aliphatic carbocycles. The SMILES string of the molecule is CCN(c1ncc([N+](=O)[O-])cc1C(N)=NO)C1CCCC1. The molecule has 0 spiro atoms. The molecule has 1 fully saturated rings. The summed E-state index contributed by atoms with van der Waals surface area (Å²) < 4.78 is 0. The Balaban J connectivity index is 2.47. The zero-order valence-corrected chi connectivity index (χ0v) is 11.9. The second kappa shape index (κ2) is 6.38. The lowest BCUT2D eigenvalue weighted by atomic mass is 10.1. The number of hydrogen-bond acceptors (Lipinski definition) is 6. The van der Waals surface area contributed by atoms with Crippen LogP contribution in [0, 0.1) is 10.1 Å². The van der Waals surface area contributed by atoms with Gasteiger partial charge in [0.2, 0.25) is 0 Å².